The summed E-state index contributed by atoms with van der Waals surface area (Å²) in [6.45, 7) is 0.848. The van der Waals surface area contributed by atoms with Crippen molar-refractivity contribution in [2.24, 2.45) is 0 Å². The molecule has 4 rings (SSSR count). The molecule has 0 radical (unpaired) electrons. The third kappa shape index (κ3) is 4.52. The molecule has 0 unspecified atom stereocenters. The highest BCUT2D eigenvalue weighted by Crippen LogP contribution is 2.44. The molecule has 0 aromatic heterocycles. The molecule has 1 atom stereocenters. The van der Waals surface area contributed by atoms with Gasteiger partial charge in [-0.3, -0.25) is 0 Å². The van der Waals surface area contributed by atoms with Gasteiger partial charge >= 0.3 is 6.09 Å². The summed E-state index contributed by atoms with van der Waals surface area (Å²) < 4.78 is 5.67. The Morgan fingerprint density at radius 2 is 1.53 bits per heavy atom. The lowest BCUT2D eigenvalue weighted by atomic mass is 9.98. The van der Waals surface area contributed by atoms with Crippen molar-refractivity contribution in [3.05, 3.63) is 95.6 Å². The molecule has 3 aromatic rings. The Balaban J connectivity index is 1.41. The summed E-state index contributed by atoms with van der Waals surface area (Å²) in [5.41, 5.74) is 7.46. The van der Waals surface area contributed by atoms with Crippen molar-refractivity contribution in [1.29, 1.82) is 0 Å². The van der Waals surface area contributed by atoms with E-state index in [0.29, 0.717) is 19.6 Å². The molecule has 5 heteroatoms. The van der Waals surface area contributed by atoms with Gasteiger partial charge in [0.25, 0.3) is 0 Å². The summed E-state index contributed by atoms with van der Waals surface area (Å²) in [4.78, 5) is 12.6. The fourth-order valence-corrected chi connectivity index (χ4v) is 4.17. The van der Waals surface area contributed by atoms with Crippen LogP contribution < -0.4 is 10.6 Å². The van der Waals surface area contributed by atoms with Gasteiger partial charge in [-0.2, -0.15) is 0 Å². The molecule has 1 aliphatic rings. The first-order chi connectivity index (χ1) is 14.8. The Morgan fingerprint density at radius 3 is 2.17 bits per heavy atom. The van der Waals surface area contributed by atoms with E-state index in [0.717, 1.165) is 5.56 Å². The molecule has 152 valence electrons. The second-order valence-corrected chi connectivity index (χ2v) is 7.62. The number of ether oxygens (including phenoxy) is 1. The maximum absolute atomic E-state index is 12.6. The molecule has 1 aliphatic carbocycles. The largest absolute Gasteiger partial charge is 0.449 e. The van der Waals surface area contributed by atoms with Gasteiger partial charge in [-0.25, -0.2) is 4.79 Å². The molecule has 0 saturated carbocycles. The minimum Gasteiger partial charge on any atom is -0.449 e. The third-order valence-corrected chi connectivity index (χ3v) is 5.60. The highest BCUT2D eigenvalue weighted by atomic mass is 32.1. The Labute approximate surface area is 182 Å². The fourth-order valence-electron chi connectivity index (χ4n) is 4.07. The van der Waals surface area contributed by atoms with E-state index in [-0.39, 0.29) is 12.0 Å². The van der Waals surface area contributed by atoms with Gasteiger partial charge in [-0.1, -0.05) is 91.1 Å². The minimum atomic E-state index is -0.413. The van der Waals surface area contributed by atoms with Gasteiger partial charge in [0.05, 0.1) is 11.5 Å². The van der Waals surface area contributed by atoms with Gasteiger partial charge < -0.3 is 15.4 Å². The summed E-state index contributed by atoms with van der Waals surface area (Å²) in [5, 5.41) is 6.00. The van der Waals surface area contributed by atoms with Crippen LogP contribution in [0.15, 0.2) is 78.9 Å². The average Bonchev–Trinajstić information content (AvgIpc) is 3.10. The number of hydrogen-bond donors (Lipinski definition) is 2. The Morgan fingerprint density at radius 1 is 0.933 bits per heavy atom. The Hall–Kier alpha value is -3.18. The van der Waals surface area contributed by atoms with E-state index in [2.05, 4.69) is 34.9 Å². The summed E-state index contributed by atoms with van der Waals surface area (Å²) in [6, 6.07) is 26.6. The molecular weight excluding hydrogens is 392 g/mol. The Bertz CT molecular complexity index is 977. The zero-order valence-electron chi connectivity index (χ0n) is 16.6. The first-order valence-electron chi connectivity index (χ1n) is 10.1. The second-order valence-electron chi connectivity index (χ2n) is 7.38. The van der Waals surface area contributed by atoms with Gasteiger partial charge in [0.2, 0.25) is 0 Å². The normalized spacial score (nSPS) is 13.1. The van der Waals surface area contributed by atoms with E-state index < -0.39 is 6.09 Å². The van der Waals surface area contributed by atoms with Crippen LogP contribution in [0.1, 0.15) is 22.6 Å². The fraction of sp³-hybridized carbons (Fsp3) is 0.200. The van der Waals surface area contributed by atoms with Crippen molar-refractivity contribution in [2.75, 3.05) is 13.2 Å². The van der Waals surface area contributed by atoms with Crippen LogP contribution in [0.2, 0.25) is 0 Å². The maximum atomic E-state index is 12.6. The summed E-state index contributed by atoms with van der Waals surface area (Å²) >= 11 is 4.87. The zero-order valence-corrected chi connectivity index (χ0v) is 17.4. The number of nitrogens with one attached hydrogen (secondary N) is 2. The number of hydrogen-bond acceptors (Lipinski definition) is 3. The van der Waals surface area contributed by atoms with Crippen molar-refractivity contribution >= 4 is 23.8 Å². The van der Waals surface area contributed by atoms with Crippen LogP contribution in [-0.2, 0) is 11.2 Å². The topological polar surface area (TPSA) is 50.4 Å². The molecule has 3 aromatic carbocycles. The van der Waals surface area contributed by atoms with E-state index >= 15 is 0 Å². The van der Waals surface area contributed by atoms with E-state index in [1.54, 1.807) is 0 Å². The van der Waals surface area contributed by atoms with Gasteiger partial charge in [0.15, 0.2) is 0 Å². The first kappa shape index (κ1) is 20.1. The minimum absolute atomic E-state index is 0.0508. The van der Waals surface area contributed by atoms with E-state index in [9.17, 15) is 4.79 Å². The lowest BCUT2D eigenvalue weighted by Crippen LogP contribution is -2.43. The van der Waals surface area contributed by atoms with Crippen molar-refractivity contribution in [3.63, 3.8) is 0 Å². The van der Waals surface area contributed by atoms with Gasteiger partial charge in [0.1, 0.15) is 6.61 Å². The summed E-state index contributed by atoms with van der Waals surface area (Å²) in [7, 11) is 0. The average molecular weight is 417 g/mol. The van der Waals surface area contributed by atoms with Crippen LogP contribution in [0.3, 0.4) is 0 Å². The smallest absolute Gasteiger partial charge is 0.407 e. The van der Waals surface area contributed by atoms with E-state index in [4.69, 9.17) is 17.0 Å². The summed E-state index contributed by atoms with van der Waals surface area (Å²) in [6.07, 6.45) is 0.283. The van der Waals surface area contributed by atoms with Gasteiger partial charge in [0, 0.05) is 12.5 Å². The maximum Gasteiger partial charge on any atom is 0.407 e. The first-order valence-corrected chi connectivity index (χ1v) is 10.6. The van der Waals surface area contributed by atoms with Gasteiger partial charge in [-0.15, -0.1) is 0 Å². The zero-order chi connectivity index (χ0) is 20.8. The van der Waals surface area contributed by atoms with Crippen LogP contribution in [0.4, 0.5) is 4.79 Å². The van der Waals surface area contributed by atoms with Crippen LogP contribution in [0, 0.1) is 0 Å². The van der Waals surface area contributed by atoms with Crippen LogP contribution in [0.5, 0.6) is 0 Å². The highest BCUT2D eigenvalue weighted by Gasteiger charge is 2.29. The SMILES string of the molecule is O=C(N[C@H](CNC=S)Cc1ccccc1)OCC1c2ccccc2-c2ccccc21. The van der Waals surface area contributed by atoms with Gasteiger partial charge in [-0.05, 0) is 34.2 Å². The molecule has 1 amide bonds. The van der Waals surface area contributed by atoms with Crippen LogP contribution in [0.25, 0.3) is 11.1 Å². The molecule has 30 heavy (non-hydrogen) atoms. The number of rotatable bonds is 8. The van der Waals surface area contributed by atoms with Crippen molar-refractivity contribution in [3.8, 4) is 11.1 Å². The molecule has 0 bridgehead atoms. The second kappa shape index (κ2) is 9.55. The number of thiocarbonyl (C=S) groups is 1. The molecule has 4 nitrogen and oxygen atoms in total. The molecule has 2 N–H and O–H groups in total. The number of amides is 1. The number of fused-ring (bicyclic) bond motifs is 3. The molecule has 0 heterocycles. The quantitative estimate of drug-likeness (QED) is 0.524. The molecule has 0 saturated heterocycles. The predicted octanol–water partition coefficient (Wildman–Crippen LogP) is 4.68. The standard InChI is InChI=1S/C25H24N2O2S/c28-25(27-19(15-26-17-30)14-18-8-2-1-3-9-18)29-16-24-22-12-6-4-10-20(22)21-11-5-7-13-23(21)24/h1-13,17,19,24H,14-16H2,(H,26,30)(H,27,28)/t19-/m0/s1. The number of alkyl carbamates (subject to hydrolysis) is 1. The third-order valence-electron chi connectivity index (χ3n) is 5.44. The number of benzene rings is 3. The van der Waals surface area contributed by atoms with Crippen LogP contribution in [-0.4, -0.2) is 30.8 Å². The van der Waals surface area contributed by atoms with Crippen molar-refractivity contribution in [1.82, 2.24) is 10.6 Å². The van der Waals surface area contributed by atoms with Crippen molar-refractivity contribution < 1.29 is 9.53 Å². The monoisotopic (exact) mass is 416 g/mol. The molecule has 0 spiro atoms. The number of carbonyl (C=O) groups excluding carboxylic acids is 1. The lowest BCUT2D eigenvalue weighted by Gasteiger charge is -2.20. The Kier molecular flexibility index (Phi) is 6.40. The van der Waals surface area contributed by atoms with E-state index in [1.165, 1.54) is 27.7 Å². The van der Waals surface area contributed by atoms with E-state index in [1.807, 2.05) is 54.6 Å². The molecular formula is C25H24N2O2S. The molecule has 0 fully saturated rings. The van der Waals surface area contributed by atoms with Crippen molar-refractivity contribution in [2.45, 2.75) is 18.4 Å². The number of carbonyl (C=O) groups is 1. The van der Waals surface area contributed by atoms with Crippen LogP contribution >= 0.6 is 12.2 Å². The lowest BCUT2D eigenvalue weighted by molar-refractivity contribution is 0.139. The summed E-state index contributed by atoms with van der Waals surface area (Å²) in [5.74, 6) is 0.0508. The predicted molar refractivity (Wildman–Crippen MR) is 124 cm³/mol. The molecule has 0 aliphatic heterocycles. The highest BCUT2D eigenvalue weighted by molar-refractivity contribution is 7.78.